The maximum atomic E-state index is 11.0. The lowest BCUT2D eigenvalue weighted by Gasteiger charge is -2.16. The van der Waals surface area contributed by atoms with E-state index in [1.165, 1.54) is 0 Å². The van der Waals surface area contributed by atoms with Crippen LogP contribution in [-0.2, 0) is 4.79 Å². The molecule has 5 nitrogen and oxygen atoms in total. The second-order valence-corrected chi connectivity index (χ2v) is 3.14. The topological polar surface area (TPSA) is 70.7 Å². The van der Waals surface area contributed by atoms with Crippen molar-refractivity contribution < 1.29 is 4.79 Å². The highest BCUT2D eigenvalue weighted by Crippen LogP contribution is 2.17. The molecule has 1 unspecified atom stereocenters. The van der Waals surface area contributed by atoms with Crippen LogP contribution in [0.1, 0.15) is 6.42 Å². The molecule has 1 fully saturated rings. The van der Waals surface area contributed by atoms with E-state index in [0.717, 1.165) is 18.7 Å². The van der Waals surface area contributed by atoms with Crippen LogP contribution in [0.25, 0.3) is 0 Å². The number of hydrogen-bond donors (Lipinski definition) is 2. The molecule has 70 valence electrons. The van der Waals surface area contributed by atoms with Crippen molar-refractivity contribution >= 4 is 12.1 Å². The number of carbonyl (C=O) groups excluding carboxylic acids is 1. The average Bonchev–Trinajstić information content (AvgIpc) is 2.36. The van der Waals surface area contributed by atoms with Gasteiger partial charge >= 0.3 is 0 Å². The van der Waals surface area contributed by atoms with E-state index in [1.54, 1.807) is 6.20 Å². The highest BCUT2D eigenvalue weighted by Gasteiger charge is 2.31. The third kappa shape index (κ3) is 1.42. The van der Waals surface area contributed by atoms with Crippen LogP contribution >= 0.6 is 0 Å². The molecular weight excluding hydrogens is 168 g/mol. The monoisotopic (exact) mass is 180 g/mol. The zero-order valence-corrected chi connectivity index (χ0v) is 7.23. The van der Waals surface area contributed by atoms with Gasteiger partial charge in [0, 0.05) is 25.4 Å². The standard InChI is InChI=1S/C8H12N4O/c9-8(13)7-6-4-10-2-1-3-12(6)5-11-7/h2,4,7,11H,1,3,5H2,(H2,9,13). The van der Waals surface area contributed by atoms with Gasteiger partial charge in [-0.1, -0.05) is 0 Å². The summed E-state index contributed by atoms with van der Waals surface area (Å²) in [6.07, 6.45) is 4.47. The van der Waals surface area contributed by atoms with Gasteiger partial charge in [0.25, 0.3) is 0 Å². The number of rotatable bonds is 1. The second kappa shape index (κ2) is 3.18. The largest absolute Gasteiger partial charge is 0.368 e. The van der Waals surface area contributed by atoms with Crippen molar-refractivity contribution in [2.75, 3.05) is 13.2 Å². The molecule has 1 saturated heterocycles. The Morgan fingerprint density at radius 3 is 3.38 bits per heavy atom. The van der Waals surface area contributed by atoms with E-state index in [4.69, 9.17) is 5.73 Å². The van der Waals surface area contributed by atoms with Crippen LogP contribution < -0.4 is 11.1 Å². The van der Waals surface area contributed by atoms with Crippen LogP contribution in [0.15, 0.2) is 16.9 Å². The molecule has 0 aromatic heterocycles. The van der Waals surface area contributed by atoms with Crippen LogP contribution in [0.4, 0.5) is 0 Å². The summed E-state index contributed by atoms with van der Waals surface area (Å²) in [5, 5.41) is 3.04. The molecule has 13 heavy (non-hydrogen) atoms. The Morgan fingerprint density at radius 2 is 2.62 bits per heavy atom. The molecule has 0 saturated carbocycles. The number of carbonyl (C=O) groups is 1. The summed E-state index contributed by atoms with van der Waals surface area (Å²) in [5.41, 5.74) is 6.12. The number of amides is 1. The number of aliphatic imine (C=N–C) groups is 1. The maximum Gasteiger partial charge on any atom is 0.240 e. The van der Waals surface area contributed by atoms with Gasteiger partial charge in [0.1, 0.15) is 6.04 Å². The summed E-state index contributed by atoms with van der Waals surface area (Å²) in [7, 11) is 0. The van der Waals surface area contributed by atoms with Crippen molar-refractivity contribution in [1.82, 2.24) is 10.2 Å². The first kappa shape index (κ1) is 8.25. The molecule has 5 heteroatoms. The minimum absolute atomic E-state index is 0.342. The summed E-state index contributed by atoms with van der Waals surface area (Å²) in [6.45, 7) is 1.58. The van der Waals surface area contributed by atoms with Crippen molar-refractivity contribution in [2.45, 2.75) is 12.5 Å². The fourth-order valence-corrected chi connectivity index (χ4v) is 1.61. The quantitative estimate of drug-likeness (QED) is 0.545. The Morgan fingerprint density at radius 1 is 1.77 bits per heavy atom. The molecule has 3 N–H and O–H groups in total. The molecule has 0 bridgehead atoms. The van der Waals surface area contributed by atoms with Crippen LogP contribution in [-0.4, -0.2) is 36.3 Å². The van der Waals surface area contributed by atoms with Crippen molar-refractivity contribution in [1.29, 1.82) is 0 Å². The molecule has 0 aromatic rings. The smallest absolute Gasteiger partial charge is 0.240 e. The molecule has 0 radical (unpaired) electrons. The lowest BCUT2D eigenvalue weighted by molar-refractivity contribution is -0.118. The zero-order chi connectivity index (χ0) is 9.26. The van der Waals surface area contributed by atoms with Crippen LogP contribution in [0.5, 0.6) is 0 Å². The van der Waals surface area contributed by atoms with Crippen molar-refractivity contribution in [3.8, 4) is 0 Å². The summed E-state index contributed by atoms with van der Waals surface area (Å²) in [4.78, 5) is 17.2. The summed E-state index contributed by atoms with van der Waals surface area (Å²) < 4.78 is 0. The van der Waals surface area contributed by atoms with Crippen molar-refractivity contribution in [3.05, 3.63) is 11.9 Å². The number of hydrogen-bond acceptors (Lipinski definition) is 4. The lowest BCUT2D eigenvalue weighted by atomic mass is 10.2. The normalized spacial score (nSPS) is 26.6. The molecule has 0 spiro atoms. The third-order valence-electron chi connectivity index (χ3n) is 2.27. The van der Waals surface area contributed by atoms with E-state index in [0.29, 0.717) is 6.67 Å². The lowest BCUT2D eigenvalue weighted by Crippen LogP contribution is -2.37. The number of nitrogens with one attached hydrogen (secondary N) is 1. The Kier molecular flexibility index (Phi) is 2.02. The minimum atomic E-state index is -0.366. The van der Waals surface area contributed by atoms with Gasteiger partial charge in [0.2, 0.25) is 5.91 Å². The van der Waals surface area contributed by atoms with Gasteiger partial charge in [-0.2, -0.15) is 0 Å². The number of nitrogens with two attached hydrogens (primary N) is 1. The number of primary amides is 1. The molecule has 0 aromatic carbocycles. The zero-order valence-electron chi connectivity index (χ0n) is 7.23. The second-order valence-electron chi connectivity index (χ2n) is 3.14. The molecule has 2 heterocycles. The van der Waals surface area contributed by atoms with E-state index in [1.807, 2.05) is 6.21 Å². The first-order chi connectivity index (χ1) is 6.29. The van der Waals surface area contributed by atoms with Crippen LogP contribution in [0, 0.1) is 0 Å². The predicted octanol–water partition coefficient (Wildman–Crippen LogP) is -0.981. The van der Waals surface area contributed by atoms with Gasteiger partial charge < -0.3 is 10.6 Å². The van der Waals surface area contributed by atoms with Gasteiger partial charge in [-0.05, 0) is 0 Å². The predicted molar refractivity (Wildman–Crippen MR) is 48.9 cm³/mol. The Labute approximate surface area is 76.3 Å². The van der Waals surface area contributed by atoms with E-state index in [2.05, 4.69) is 15.2 Å². The van der Waals surface area contributed by atoms with Gasteiger partial charge in [0.05, 0.1) is 12.4 Å². The Bertz CT molecular complexity index is 284. The van der Waals surface area contributed by atoms with Gasteiger partial charge in [-0.25, -0.2) is 0 Å². The molecule has 0 aliphatic carbocycles. The van der Waals surface area contributed by atoms with Crippen molar-refractivity contribution in [3.63, 3.8) is 0 Å². The van der Waals surface area contributed by atoms with Gasteiger partial charge in [-0.3, -0.25) is 15.1 Å². The summed E-state index contributed by atoms with van der Waals surface area (Å²) in [5.74, 6) is -0.342. The molecule has 2 rings (SSSR count). The summed E-state index contributed by atoms with van der Waals surface area (Å²) in [6, 6.07) is -0.366. The first-order valence-electron chi connectivity index (χ1n) is 4.28. The molecule has 1 atom stereocenters. The molecule has 2 aliphatic heterocycles. The Balaban J connectivity index is 2.23. The maximum absolute atomic E-state index is 11.0. The number of fused-ring (bicyclic) bond motifs is 1. The van der Waals surface area contributed by atoms with Crippen LogP contribution in [0.2, 0.25) is 0 Å². The fraction of sp³-hybridized carbons (Fsp3) is 0.500. The van der Waals surface area contributed by atoms with E-state index < -0.39 is 0 Å². The minimum Gasteiger partial charge on any atom is -0.368 e. The van der Waals surface area contributed by atoms with Gasteiger partial charge in [0.15, 0.2) is 0 Å². The van der Waals surface area contributed by atoms with Crippen LogP contribution in [0.3, 0.4) is 0 Å². The van der Waals surface area contributed by atoms with E-state index >= 15 is 0 Å². The first-order valence-corrected chi connectivity index (χ1v) is 4.28. The highest BCUT2D eigenvalue weighted by molar-refractivity contribution is 5.83. The summed E-state index contributed by atoms with van der Waals surface area (Å²) >= 11 is 0. The molecular formula is C8H12N4O. The third-order valence-corrected chi connectivity index (χ3v) is 2.27. The molecule has 2 aliphatic rings. The SMILES string of the molecule is NC(=O)C1NCN2CCC=NC=C12. The number of nitrogens with zero attached hydrogens (tertiary/aromatic N) is 2. The molecule has 1 amide bonds. The average molecular weight is 180 g/mol. The fourth-order valence-electron chi connectivity index (χ4n) is 1.61. The van der Waals surface area contributed by atoms with Gasteiger partial charge in [-0.15, -0.1) is 0 Å². The van der Waals surface area contributed by atoms with Crippen molar-refractivity contribution in [2.24, 2.45) is 10.7 Å². The Hall–Kier alpha value is -1.36. The highest BCUT2D eigenvalue weighted by atomic mass is 16.1. The van der Waals surface area contributed by atoms with E-state index in [-0.39, 0.29) is 11.9 Å². The van der Waals surface area contributed by atoms with E-state index in [9.17, 15) is 4.79 Å².